The van der Waals surface area contributed by atoms with Crippen molar-refractivity contribution in [3.8, 4) is 11.7 Å². The van der Waals surface area contributed by atoms with Crippen LogP contribution < -0.4 is 4.90 Å². The highest BCUT2D eigenvalue weighted by molar-refractivity contribution is 5.99. The van der Waals surface area contributed by atoms with E-state index in [1.54, 1.807) is 12.3 Å². The number of hydrogen-bond donors (Lipinski definition) is 0. The van der Waals surface area contributed by atoms with Crippen LogP contribution in [0.4, 0.5) is 5.69 Å². The number of likely N-dealkylation sites (N-methyl/N-ethyl adjacent to an activating group) is 1. The van der Waals surface area contributed by atoms with Crippen LogP contribution in [0.2, 0.25) is 0 Å². The molecule has 6 nitrogen and oxygen atoms in total. The Morgan fingerprint density at radius 2 is 2.04 bits per heavy atom. The molecule has 1 aliphatic rings. The normalized spacial score (nSPS) is 17.4. The van der Waals surface area contributed by atoms with Crippen LogP contribution in [0.5, 0.6) is 0 Å². The van der Waals surface area contributed by atoms with Crippen molar-refractivity contribution in [2.45, 2.75) is 25.9 Å². The molecule has 0 radical (unpaired) electrons. The van der Waals surface area contributed by atoms with Crippen LogP contribution in [0, 0.1) is 6.92 Å². The second-order valence-corrected chi connectivity index (χ2v) is 6.54. The monoisotopic (exact) mass is 351 g/mol. The maximum Gasteiger partial charge on any atom is 0.263 e. The number of aromatic nitrogens is 1. The Hall–Kier alpha value is -2.86. The molecular weight excluding hydrogens is 330 g/mol. The molecule has 26 heavy (non-hydrogen) atoms. The molecule has 1 atom stereocenters. The molecule has 1 aliphatic heterocycles. The summed E-state index contributed by atoms with van der Waals surface area (Å²) in [6, 6.07) is 13.3. The van der Waals surface area contributed by atoms with Gasteiger partial charge in [-0.25, -0.2) is 4.98 Å². The quantitative estimate of drug-likeness (QED) is 0.704. The summed E-state index contributed by atoms with van der Waals surface area (Å²) in [5.74, 6) is 1.95. The molecule has 1 aromatic carbocycles. The lowest BCUT2D eigenvalue weighted by Gasteiger charge is -2.23. The largest absolute Gasteiger partial charge is 0.459 e. The van der Waals surface area contributed by atoms with Gasteiger partial charge >= 0.3 is 0 Å². The van der Waals surface area contributed by atoms with Crippen molar-refractivity contribution in [2.75, 3.05) is 18.5 Å². The van der Waals surface area contributed by atoms with E-state index in [0.29, 0.717) is 18.2 Å². The first-order chi connectivity index (χ1) is 12.6. The zero-order valence-corrected chi connectivity index (χ0v) is 14.9. The summed E-state index contributed by atoms with van der Waals surface area (Å²) in [4.78, 5) is 21.3. The van der Waals surface area contributed by atoms with Crippen LogP contribution in [0.1, 0.15) is 17.9 Å². The molecule has 0 saturated carbocycles. The van der Waals surface area contributed by atoms with Crippen molar-refractivity contribution in [1.82, 2.24) is 9.88 Å². The molecule has 0 aliphatic carbocycles. The van der Waals surface area contributed by atoms with Gasteiger partial charge in [0, 0.05) is 18.8 Å². The van der Waals surface area contributed by atoms with Gasteiger partial charge in [0.05, 0.1) is 18.0 Å². The van der Waals surface area contributed by atoms with E-state index < -0.39 is 0 Å². The maximum atomic E-state index is 12.8. The van der Waals surface area contributed by atoms with Crippen LogP contribution in [0.25, 0.3) is 11.7 Å². The van der Waals surface area contributed by atoms with Gasteiger partial charge in [-0.05, 0) is 44.7 Å². The Bertz CT molecular complexity index is 886. The first kappa shape index (κ1) is 16.6. The fraction of sp³-hybridized carbons (Fsp3) is 0.300. The second-order valence-electron chi connectivity index (χ2n) is 6.54. The van der Waals surface area contributed by atoms with Crippen molar-refractivity contribution in [3.63, 3.8) is 0 Å². The van der Waals surface area contributed by atoms with Crippen LogP contribution in [0.3, 0.4) is 0 Å². The van der Waals surface area contributed by atoms with Gasteiger partial charge in [-0.15, -0.1) is 0 Å². The molecule has 1 amide bonds. The van der Waals surface area contributed by atoms with E-state index in [1.165, 1.54) is 0 Å². The van der Waals surface area contributed by atoms with Gasteiger partial charge in [-0.3, -0.25) is 9.69 Å². The summed E-state index contributed by atoms with van der Waals surface area (Å²) in [5, 5.41) is 0. The number of rotatable bonds is 5. The van der Waals surface area contributed by atoms with Crippen LogP contribution in [-0.4, -0.2) is 35.4 Å². The SMILES string of the molecule is Cc1oc(-c2ccco2)nc1CN(C)C1CCN(c2ccccc2)C1=O. The Balaban J connectivity index is 1.47. The first-order valence-corrected chi connectivity index (χ1v) is 8.70. The molecule has 1 unspecified atom stereocenters. The molecule has 1 saturated heterocycles. The molecule has 3 aromatic rings. The minimum atomic E-state index is -0.154. The molecule has 134 valence electrons. The molecule has 0 N–H and O–H groups in total. The first-order valence-electron chi connectivity index (χ1n) is 8.70. The minimum Gasteiger partial charge on any atom is -0.459 e. The molecule has 1 fully saturated rings. The number of furan rings is 1. The number of para-hydroxylation sites is 1. The Morgan fingerprint density at radius 1 is 1.23 bits per heavy atom. The van der Waals surface area contributed by atoms with E-state index in [-0.39, 0.29) is 11.9 Å². The van der Waals surface area contributed by atoms with Gasteiger partial charge in [0.2, 0.25) is 5.91 Å². The van der Waals surface area contributed by atoms with Gasteiger partial charge in [0.15, 0.2) is 5.76 Å². The number of hydrogen-bond acceptors (Lipinski definition) is 5. The summed E-state index contributed by atoms with van der Waals surface area (Å²) >= 11 is 0. The van der Waals surface area contributed by atoms with E-state index in [0.717, 1.165) is 30.1 Å². The Kier molecular flexibility index (Phi) is 4.34. The highest BCUT2D eigenvalue weighted by Crippen LogP contribution is 2.26. The zero-order valence-electron chi connectivity index (χ0n) is 14.9. The highest BCUT2D eigenvalue weighted by atomic mass is 16.4. The minimum absolute atomic E-state index is 0.131. The number of anilines is 1. The lowest BCUT2D eigenvalue weighted by Crippen LogP contribution is -2.39. The predicted octanol–water partition coefficient (Wildman–Crippen LogP) is 3.48. The standard InChI is InChI=1S/C20H21N3O3/c1-14-16(21-19(26-14)18-9-6-12-25-18)13-22(2)17-10-11-23(20(17)24)15-7-4-3-5-8-15/h3-9,12,17H,10-11,13H2,1-2H3. The summed E-state index contributed by atoms with van der Waals surface area (Å²) < 4.78 is 11.1. The predicted molar refractivity (Wildman–Crippen MR) is 97.6 cm³/mol. The number of benzene rings is 1. The van der Waals surface area contributed by atoms with E-state index in [1.807, 2.05) is 60.2 Å². The molecule has 6 heteroatoms. The van der Waals surface area contributed by atoms with Gasteiger partial charge < -0.3 is 13.7 Å². The molecule has 4 rings (SSSR count). The van der Waals surface area contributed by atoms with Crippen molar-refractivity contribution in [1.29, 1.82) is 0 Å². The van der Waals surface area contributed by atoms with Crippen molar-refractivity contribution < 1.29 is 13.6 Å². The maximum absolute atomic E-state index is 12.8. The van der Waals surface area contributed by atoms with E-state index >= 15 is 0 Å². The fourth-order valence-corrected chi connectivity index (χ4v) is 3.36. The summed E-state index contributed by atoms with van der Waals surface area (Å²) in [6.07, 6.45) is 2.39. The smallest absolute Gasteiger partial charge is 0.263 e. The summed E-state index contributed by atoms with van der Waals surface area (Å²) in [6.45, 7) is 3.16. The number of nitrogens with zero attached hydrogens (tertiary/aromatic N) is 3. The third-order valence-corrected chi connectivity index (χ3v) is 4.80. The molecule has 2 aromatic heterocycles. The number of oxazole rings is 1. The zero-order chi connectivity index (χ0) is 18.1. The average molecular weight is 351 g/mol. The lowest BCUT2D eigenvalue weighted by molar-refractivity contribution is -0.121. The van der Waals surface area contributed by atoms with Crippen molar-refractivity contribution in [2.24, 2.45) is 0 Å². The van der Waals surface area contributed by atoms with Gasteiger partial charge in [0.1, 0.15) is 5.76 Å². The van der Waals surface area contributed by atoms with Gasteiger partial charge in [-0.1, -0.05) is 18.2 Å². The van der Waals surface area contributed by atoms with Crippen LogP contribution in [-0.2, 0) is 11.3 Å². The van der Waals surface area contributed by atoms with E-state index in [4.69, 9.17) is 8.83 Å². The molecule has 3 heterocycles. The molecule has 0 bridgehead atoms. The van der Waals surface area contributed by atoms with Crippen molar-refractivity contribution in [3.05, 3.63) is 60.2 Å². The number of amides is 1. The Morgan fingerprint density at radius 3 is 2.77 bits per heavy atom. The van der Waals surface area contributed by atoms with E-state index in [2.05, 4.69) is 4.98 Å². The third-order valence-electron chi connectivity index (χ3n) is 4.80. The number of carbonyl (C=O) groups excluding carboxylic acids is 1. The number of aryl methyl sites for hydroxylation is 1. The van der Waals surface area contributed by atoms with Crippen LogP contribution in [0.15, 0.2) is 57.6 Å². The second kappa shape index (κ2) is 6.80. The topological polar surface area (TPSA) is 62.7 Å². The Labute approximate surface area is 152 Å². The highest BCUT2D eigenvalue weighted by Gasteiger charge is 2.35. The van der Waals surface area contributed by atoms with Crippen molar-refractivity contribution >= 4 is 11.6 Å². The van der Waals surface area contributed by atoms with Crippen LogP contribution >= 0.6 is 0 Å². The fourth-order valence-electron chi connectivity index (χ4n) is 3.36. The summed E-state index contributed by atoms with van der Waals surface area (Å²) in [5.41, 5.74) is 1.77. The molecular formula is C20H21N3O3. The summed E-state index contributed by atoms with van der Waals surface area (Å²) in [7, 11) is 1.96. The van der Waals surface area contributed by atoms with Gasteiger partial charge in [0.25, 0.3) is 5.89 Å². The molecule has 0 spiro atoms. The van der Waals surface area contributed by atoms with Gasteiger partial charge in [-0.2, -0.15) is 0 Å². The average Bonchev–Trinajstić information content (AvgIpc) is 3.37. The third kappa shape index (κ3) is 3.04. The van der Waals surface area contributed by atoms with E-state index in [9.17, 15) is 4.79 Å². The lowest BCUT2D eigenvalue weighted by atomic mass is 10.2. The number of carbonyl (C=O) groups is 1.